The molecule has 0 fully saturated rings. The zero-order valence-electron chi connectivity index (χ0n) is 11.0. The Labute approximate surface area is 112 Å². The molecule has 2 rings (SSSR count). The van der Waals surface area contributed by atoms with Crippen molar-refractivity contribution in [2.45, 2.75) is 12.6 Å². The van der Waals surface area contributed by atoms with Crippen LogP contribution in [0.2, 0.25) is 0 Å². The van der Waals surface area contributed by atoms with Crippen LogP contribution < -0.4 is 10.1 Å². The fourth-order valence-corrected chi connectivity index (χ4v) is 1.69. The number of hydrogen-bond donors (Lipinski definition) is 2. The number of aliphatic hydroxyl groups excluding tert-OH is 1. The van der Waals surface area contributed by atoms with Gasteiger partial charge in [0.1, 0.15) is 24.3 Å². The second-order valence-electron chi connectivity index (χ2n) is 4.36. The fourth-order valence-electron chi connectivity index (χ4n) is 1.69. The zero-order valence-corrected chi connectivity index (χ0v) is 11.0. The third-order valence-corrected chi connectivity index (χ3v) is 2.77. The van der Waals surface area contributed by atoms with Gasteiger partial charge < -0.3 is 19.7 Å². The van der Waals surface area contributed by atoms with Crippen LogP contribution in [0, 0.1) is 0 Å². The molecule has 0 amide bonds. The molecule has 102 valence electrons. The Kier molecular flexibility index (Phi) is 4.94. The summed E-state index contributed by atoms with van der Waals surface area (Å²) in [6.45, 7) is 1.38. The standard InChI is InChI=1S/C14H19N3O2/c1-17-8-7-16-14(17)10-15-9-12(18)11-19-13-5-3-2-4-6-13/h2-8,12,15,18H,9-11H2,1H3. The number of aryl methyl sites for hydroxylation is 1. The maximum atomic E-state index is 9.79. The highest BCUT2D eigenvalue weighted by Gasteiger charge is 2.06. The number of nitrogens with zero attached hydrogens (tertiary/aromatic N) is 2. The molecule has 0 aliphatic rings. The molecule has 0 saturated carbocycles. The minimum atomic E-state index is -0.541. The molecule has 0 bridgehead atoms. The van der Waals surface area contributed by atoms with Crippen LogP contribution in [0.4, 0.5) is 0 Å². The molecule has 2 N–H and O–H groups in total. The summed E-state index contributed by atoms with van der Waals surface area (Å²) in [6, 6.07) is 9.47. The van der Waals surface area contributed by atoms with Crippen molar-refractivity contribution in [3.05, 3.63) is 48.5 Å². The molecule has 0 aliphatic heterocycles. The molecule has 5 nitrogen and oxygen atoms in total. The summed E-state index contributed by atoms with van der Waals surface area (Å²) in [5.41, 5.74) is 0. The lowest BCUT2D eigenvalue weighted by Crippen LogP contribution is -2.31. The topological polar surface area (TPSA) is 59.3 Å². The number of aliphatic hydroxyl groups is 1. The van der Waals surface area contributed by atoms with E-state index in [0.29, 0.717) is 13.1 Å². The Morgan fingerprint density at radius 1 is 1.37 bits per heavy atom. The van der Waals surface area contributed by atoms with Crippen molar-refractivity contribution < 1.29 is 9.84 Å². The minimum absolute atomic E-state index is 0.275. The summed E-state index contributed by atoms with van der Waals surface area (Å²) in [7, 11) is 1.94. The van der Waals surface area contributed by atoms with Crippen molar-refractivity contribution in [3.63, 3.8) is 0 Å². The molecule has 1 atom stereocenters. The Bertz CT molecular complexity index is 484. The van der Waals surface area contributed by atoms with Crippen LogP contribution in [-0.2, 0) is 13.6 Å². The summed E-state index contributed by atoms with van der Waals surface area (Å²) >= 11 is 0. The average molecular weight is 261 g/mol. The highest BCUT2D eigenvalue weighted by Crippen LogP contribution is 2.08. The van der Waals surface area contributed by atoms with Gasteiger partial charge in [-0.25, -0.2) is 4.98 Å². The van der Waals surface area contributed by atoms with E-state index in [1.165, 1.54) is 0 Å². The smallest absolute Gasteiger partial charge is 0.122 e. The lowest BCUT2D eigenvalue weighted by atomic mass is 10.3. The van der Waals surface area contributed by atoms with E-state index in [9.17, 15) is 5.11 Å². The highest BCUT2D eigenvalue weighted by atomic mass is 16.5. The first-order valence-corrected chi connectivity index (χ1v) is 6.28. The van der Waals surface area contributed by atoms with Gasteiger partial charge in [-0.3, -0.25) is 0 Å². The Balaban J connectivity index is 1.65. The normalized spacial score (nSPS) is 12.3. The van der Waals surface area contributed by atoms with Crippen LogP contribution in [0.1, 0.15) is 5.82 Å². The third-order valence-electron chi connectivity index (χ3n) is 2.77. The SMILES string of the molecule is Cn1ccnc1CNCC(O)COc1ccccc1. The summed E-state index contributed by atoms with van der Waals surface area (Å²) < 4.78 is 7.41. The molecule has 0 saturated heterocycles. The molecular formula is C14H19N3O2. The van der Waals surface area contributed by atoms with Crippen molar-refractivity contribution in [1.29, 1.82) is 0 Å². The van der Waals surface area contributed by atoms with Gasteiger partial charge in [0, 0.05) is 26.0 Å². The predicted molar refractivity (Wildman–Crippen MR) is 72.9 cm³/mol. The van der Waals surface area contributed by atoms with Gasteiger partial charge in [-0.2, -0.15) is 0 Å². The molecule has 0 radical (unpaired) electrons. The number of nitrogens with one attached hydrogen (secondary N) is 1. The van der Waals surface area contributed by atoms with Crippen LogP contribution in [-0.4, -0.2) is 33.9 Å². The largest absolute Gasteiger partial charge is 0.491 e. The number of imidazole rings is 1. The van der Waals surface area contributed by atoms with Gasteiger partial charge in [-0.05, 0) is 12.1 Å². The minimum Gasteiger partial charge on any atom is -0.491 e. The number of para-hydroxylation sites is 1. The molecular weight excluding hydrogens is 242 g/mol. The van der Waals surface area contributed by atoms with Gasteiger partial charge in [-0.1, -0.05) is 18.2 Å². The predicted octanol–water partition coefficient (Wildman–Crippen LogP) is 0.950. The monoisotopic (exact) mass is 261 g/mol. The van der Waals surface area contributed by atoms with Crippen molar-refractivity contribution in [2.24, 2.45) is 7.05 Å². The molecule has 0 spiro atoms. The van der Waals surface area contributed by atoms with Gasteiger partial charge in [-0.15, -0.1) is 0 Å². The van der Waals surface area contributed by atoms with Gasteiger partial charge in [0.15, 0.2) is 0 Å². The number of aromatic nitrogens is 2. The molecule has 0 aliphatic carbocycles. The van der Waals surface area contributed by atoms with Gasteiger partial charge >= 0.3 is 0 Å². The second kappa shape index (κ2) is 6.92. The number of ether oxygens (including phenoxy) is 1. The molecule has 1 unspecified atom stereocenters. The highest BCUT2D eigenvalue weighted by molar-refractivity contribution is 5.20. The van der Waals surface area contributed by atoms with E-state index < -0.39 is 6.10 Å². The summed E-state index contributed by atoms with van der Waals surface area (Å²) in [6.07, 6.45) is 3.11. The van der Waals surface area contributed by atoms with Crippen molar-refractivity contribution in [2.75, 3.05) is 13.2 Å². The molecule has 1 aromatic carbocycles. The fraction of sp³-hybridized carbons (Fsp3) is 0.357. The molecule has 2 aromatic rings. The van der Waals surface area contributed by atoms with Crippen LogP contribution in [0.5, 0.6) is 5.75 Å². The van der Waals surface area contributed by atoms with E-state index in [0.717, 1.165) is 11.6 Å². The van der Waals surface area contributed by atoms with E-state index in [4.69, 9.17) is 4.74 Å². The van der Waals surface area contributed by atoms with Crippen LogP contribution >= 0.6 is 0 Å². The van der Waals surface area contributed by atoms with Crippen LogP contribution in [0.25, 0.3) is 0 Å². The Morgan fingerprint density at radius 3 is 2.84 bits per heavy atom. The first kappa shape index (κ1) is 13.6. The number of rotatable bonds is 7. The second-order valence-corrected chi connectivity index (χ2v) is 4.36. The van der Waals surface area contributed by atoms with Crippen LogP contribution in [0.3, 0.4) is 0 Å². The summed E-state index contributed by atoms with van der Waals surface area (Å²) in [5, 5.41) is 12.9. The van der Waals surface area contributed by atoms with Gasteiger partial charge in [0.25, 0.3) is 0 Å². The van der Waals surface area contributed by atoms with Gasteiger partial charge in [0.05, 0.1) is 6.54 Å². The lowest BCUT2D eigenvalue weighted by Gasteiger charge is -2.13. The Morgan fingerprint density at radius 2 is 2.16 bits per heavy atom. The molecule has 1 heterocycles. The lowest BCUT2D eigenvalue weighted by molar-refractivity contribution is 0.106. The first-order valence-electron chi connectivity index (χ1n) is 6.28. The quantitative estimate of drug-likeness (QED) is 0.779. The van der Waals surface area contributed by atoms with Crippen molar-refractivity contribution in [1.82, 2.24) is 14.9 Å². The zero-order chi connectivity index (χ0) is 13.5. The maximum Gasteiger partial charge on any atom is 0.122 e. The van der Waals surface area contributed by atoms with E-state index in [1.807, 2.05) is 48.1 Å². The number of benzene rings is 1. The third kappa shape index (κ3) is 4.39. The van der Waals surface area contributed by atoms with Gasteiger partial charge in [0.2, 0.25) is 0 Å². The van der Waals surface area contributed by atoms with E-state index >= 15 is 0 Å². The molecule has 5 heteroatoms. The summed E-state index contributed by atoms with van der Waals surface area (Å²) in [5.74, 6) is 1.71. The van der Waals surface area contributed by atoms with Crippen molar-refractivity contribution >= 4 is 0 Å². The van der Waals surface area contributed by atoms with E-state index in [1.54, 1.807) is 6.20 Å². The average Bonchev–Trinajstić information content (AvgIpc) is 2.83. The van der Waals surface area contributed by atoms with E-state index in [2.05, 4.69) is 10.3 Å². The number of hydrogen-bond acceptors (Lipinski definition) is 4. The summed E-state index contributed by atoms with van der Waals surface area (Å²) in [4.78, 5) is 4.19. The Hall–Kier alpha value is -1.85. The molecule has 19 heavy (non-hydrogen) atoms. The van der Waals surface area contributed by atoms with Crippen LogP contribution in [0.15, 0.2) is 42.7 Å². The van der Waals surface area contributed by atoms with E-state index in [-0.39, 0.29) is 6.61 Å². The maximum absolute atomic E-state index is 9.79. The molecule has 1 aromatic heterocycles. The van der Waals surface area contributed by atoms with Crippen molar-refractivity contribution in [3.8, 4) is 5.75 Å². The first-order chi connectivity index (χ1) is 9.25.